The van der Waals surface area contributed by atoms with E-state index in [-0.39, 0.29) is 12.0 Å². The van der Waals surface area contributed by atoms with Crippen LogP contribution in [0.15, 0.2) is 6.07 Å². The number of aliphatic hydroxyl groups is 1. The summed E-state index contributed by atoms with van der Waals surface area (Å²) >= 11 is 0. The van der Waals surface area contributed by atoms with E-state index in [4.69, 9.17) is 14.7 Å². The van der Waals surface area contributed by atoms with E-state index in [9.17, 15) is 5.11 Å². The van der Waals surface area contributed by atoms with E-state index in [0.717, 1.165) is 47.6 Å². The van der Waals surface area contributed by atoms with Crippen LogP contribution in [-0.2, 0) is 0 Å². The Morgan fingerprint density at radius 3 is 2.74 bits per heavy atom. The zero-order chi connectivity index (χ0) is 16.6. The van der Waals surface area contributed by atoms with Crippen molar-refractivity contribution in [3.05, 3.63) is 17.6 Å². The number of methoxy groups -OCH3 is 1. The molecular formula is C17H24N4O2. The number of aliphatic hydroxyl groups excluding tert-OH is 1. The van der Waals surface area contributed by atoms with Crippen LogP contribution in [0, 0.1) is 6.92 Å². The molecule has 2 aromatic heterocycles. The minimum atomic E-state index is -0.319. The topological polar surface area (TPSA) is 71.4 Å². The van der Waals surface area contributed by atoms with Gasteiger partial charge in [0, 0.05) is 24.7 Å². The molecule has 6 nitrogen and oxygen atoms in total. The zero-order valence-electron chi connectivity index (χ0n) is 14.2. The highest BCUT2D eigenvalue weighted by Crippen LogP contribution is 2.34. The quantitative estimate of drug-likeness (QED) is 0.937. The predicted molar refractivity (Wildman–Crippen MR) is 90.2 cm³/mol. The first-order valence-electron chi connectivity index (χ1n) is 8.16. The Kier molecular flexibility index (Phi) is 4.35. The maximum Gasteiger partial charge on any atom is 0.226 e. The first kappa shape index (κ1) is 15.9. The fourth-order valence-corrected chi connectivity index (χ4v) is 3.02. The lowest BCUT2D eigenvalue weighted by Crippen LogP contribution is -2.39. The van der Waals surface area contributed by atoms with Gasteiger partial charge in [-0.05, 0) is 25.8 Å². The first-order chi connectivity index (χ1) is 11.0. The van der Waals surface area contributed by atoms with E-state index < -0.39 is 0 Å². The summed E-state index contributed by atoms with van der Waals surface area (Å²) in [5.74, 6) is 2.40. The number of aromatic nitrogens is 3. The molecule has 0 saturated carbocycles. The Balaban J connectivity index is 2.24. The average Bonchev–Trinajstić information content (AvgIpc) is 2.52. The molecule has 0 radical (unpaired) electrons. The molecule has 1 aliphatic heterocycles. The van der Waals surface area contributed by atoms with Crippen LogP contribution in [0.5, 0.6) is 5.88 Å². The summed E-state index contributed by atoms with van der Waals surface area (Å²) in [7, 11) is 1.62. The van der Waals surface area contributed by atoms with Gasteiger partial charge in [-0.25, -0.2) is 15.0 Å². The van der Waals surface area contributed by atoms with Gasteiger partial charge in [0.25, 0.3) is 0 Å². The highest BCUT2D eigenvalue weighted by atomic mass is 16.5. The van der Waals surface area contributed by atoms with Crippen molar-refractivity contribution in [1.29, 1.82) is 0 Å². The van der Waals surface area contributed by atoms with Crippen LogP contribution < -0.4 is 9.64 Å². The third-order valence-electron chi connectivity index (χ3n) is 4.18. The summed E-state index contributed by atoms with van der Waals surface area (Å²) in [5, 5.41) is 10.9. The molecule has 1 aliphatic rings. The zero-order valence-corrected chi connectivity index (χ0v) is 14.2. The largest absolute Gasteiger partial charge is 0.480 e. The SMILES string of the molecule is COc1nc(C)cc2nc(C(C)C)nc(N3CCCC(O)C3)c12. The number of β-amino-alcohol motifs (C(OH)–C–C–N with tert-alkyl or cyclic N) is 1. The van der Waals surface area contributed by atoms with E-state index in [1.165, 1.54) is 0 Å². The smallest absolute Gasteiger partial charge is 0.226 e. The van der Waals surface area contributed by atoms with E-state index in [1.54, 1.807) is 7.11 Å². The van der Waals surface area contributed by atoms with Gasteiger partial charge in [-0.2, -0.15) is 0 Å². The number of fused-ring (bicyclic) bond motifs is 1. The minimum absolute atomic E-state index is 0.229. The van der Waals surface area contributed by atoms with Gasteiger partial charge in [0.15, 0.2) is 0 Å². The van der Waals surface area contributed by atoms with Crippen molar-refractivity contribution in [3.63, 3.8) is 0 Å². The summed E-state index contributed by atoms with van der Waals surface area (Å²) < 4.78 is 5.49. The van der Waals surface area contributed by atoms with Gasteiger partial charge in [-0.15, -0.1) is 0 Å². The van der Waals surface area contributed by atoms with Crippen LogP contribution in [-0.4, -0.2) is 46.4 Å². The van der Waals surface area contributed by atoms with Crippen molar-refractivity contribution in [2.75, 3.05) is 25.1 Å². The van der Waals surface area contributed by atoms with E-state index in [1.807, 2.05) is 13.0 Å². The molecular weight excluding hydrogens is 292 g/mol. The van der Waals surface area contributed by atoms with E-state index in [0.29, 0.717) is 12.4 Å². The van der Waals surface area contributed by atoms with Crippen molar-refractivity contribution in [2.24, 2.45) is 0 Å². The number of rotatable bonds is 3. The Labute approximate surface area is 136 Å². The molecule has 0 aromatic carbocycles. The molecule has 6 heteroatoms. The summed E-state index contributed by atoms with van der Waals surface area (Å²) in [6.45, 7) is 7.56. The van der Waals surface area contributed by atoms with Crippen molar-refractivity contribution in [1.82, 2.24) is 15.0 Å². The molecule has 3 heterocycles. The number of ether oxygens (including phenoxy) is 1. The monoisotopic (exact) mass is 316 g/mol. The molecule has 2 aromatic rings. The molecule has 0 amide bonds. The lowest BCUT2D eigenvalue weighted by atomic mass is 10.1. The highest BCUT2D eigenvalue weighted by Gasteiger charge is 2.24. The number of piperidine rings is 1. The lowest BCUT2D eigenvalue weighted by Gasteiger charge is -2.32. The molecule has 23 heavy (non-hydrogen) atoms. The number of nitrogens with zero attached hydrogens (tertiary/aromatic N) is 4. The summed E-state index contributed by atoms with van der Waals surface area (Å²) in [6.07, 6.45) is 1.47. The number of aryl methyl sites for hydroxylation is 1. The molecule has 1 saturated heterocycles. The van der Waals surface area contributed by atoms with Gasteiger partial charge < -0.3 is 14.7 Å². The molecule has 0 bridgehead atoms. The Morgan fingerprint density at radius 2 is 2.09 bits per heavy atom. The number of hydrogen-bond donors (Lipinski definition) is 1. The highest BCUT2D eigenvalue weighted by molar-refractivity contribution is 5.94. The second-order valence-corrected chi connectivity index (χ2v) is 6.47. The summed E-state index contributed by atoms with van der Waals surface area (Å²) in [4.78, 5) is 16.1. The minimum Gasteiger partial charge on any atom is -0.480 e. The maximum atomic E-state index is 10.0. The Morgan fingerprint density at radius 1 is 1.30 bits per heavy atom. The average molecular weight is 316 g/mol. The van der Waals surface area contributed by atoms with E-state index in [2.05, 4.69) is 23.7 Å². The van der Waals surface area contributed by atoms with Crippen LogP contribution >= 0.6 is 0 Å². The van der Waals surface area contributed by atoms with Crippen LogP contribution in [0.2, 0.25) is 0 Å². The Bertz CT molecular complexity index is 717. The third-order valence-corrected chi connectivity index (χ3v) is 4.18. The standard InChI is InChI=1S/C17H24N4O2/c1-10(2)15-19-13-8-11(3)18-17(23-4)14(13)16(20-15)21-7-5-6-12(22)9-21/h8,10,12,22H,5-7,9H2,1-4H3. The summed E-state index contributed by atoms with van der Waals surface area (Å²) in [6, 6.07) is 1.97. The second kappa shape index (κ2) is 6.28. The van der Waals surface area contributed by atoms with Crippen LogP contribution in [0.4, 0.5) is 5.82 Å². The van der Waals surface area contributed by atoms with Crippen LogP contribution in [0.25, 0.3) is 10.9 Å². The molecule has 0 aliphatic carbocycles. The second-order valence-electron chi connectivity index (χ2n) is 6.47. The number of hydrogen-bond acceptors (Lipinski definition) is 6. The fourth-order valence-electron chi connectivity index (χ4n) is 3.02. The molecule has 0 spiro atoms. The normalized spacial score (nSPS) is 18.7. The first-order valence-corrected chi connectivity index (χ1v) is 8.16. The molecule has 1 atom stereocenters. The molecule has 1 unspecified atom stereocenters. The Hall–Kier alpha value is -1.95. The van der Waals surface area contributed by atoms with Gasteiger partial charge in [0.2, 0.25) is 5.88 Å². The molecule has 1 N–H and O–H groups in total. The predicted octanol–water partition coefficient (Wildman–Crippen LogP) is 2.43. The van der Waals surface area contributed by atoms with Gasteiger partial charge in [0.05, 0.1) is 18.7 Å². The van der Waals surface area contributed by atoms with Gasteiger partial charge in [-0.3, -0.25) is 0 Å². The molecule has 124 valence electrons. The van der Waals surface area contributed by atoms with Gasteiger partial charge in [0.1, 0.15) is 17.0 Å². The number of anilines is 1. The molecule has 1 fully saturated rings. The van der Waals surface area contributed by atoms with Crippen molar-refractivity contribution < 1.29 is 9.84 Å². The van der Waals surface area contributed by atoms with Gasteiger partial charge >= 0.3 is 0 Å². The summed E-state index contributed by atoms with van der Waals surface area (Å²) in [5.41, 5.74) is 1.72. The van der Waals surface area contributed by atoms with Crippen LogP contribution in [0.1, 0.15) is 44.1 Å². The van der Waals surface area contributed by atoms with Crippen molar-refractivity contribution in [2.45, 2.75) is 45.6 Å². The van der Waals surface area contributed by atoms with Crippen LogP contribution in [0.3, 0.4) is 0 Å². The van der Waals surface area contributed by atoms with Crippen molar-refractivity contribution in [3.8, 4) is 5.88 Å². The number of pyridine rings is 1. The van der Waals surface area contributed by atoms with Crippen molar-refractivity contribution >= 4 is 16.7 Å². The lowest BCUT2D eigenvalue weighted by molar-refractivity contribution is 0.154. The van der Waals surface area contributed by atoms with E-state index >= 15 is 0 Å². The fraction of sp³-hybridized carbons (Fsp3) is 0.588. The third kappa shape index (κ3) is 3.08. The van der Waals surface area contributed by atoms with Gasteiger partial charge in [-0.1, -0.05) is 13.8 Å². The molecule has 3 rings (SSSR count). The maximum absolute atomic E-state index is 10.0.